The van der Waals surface area contributed by atoms with Gasteiger partial charge in [0.1, 0.15) is 34.2 Å². The molecule has 24 nitrogen and oxygen atoms in total. The minimum atomic E-state index is -4.90. The van der Waals surface area contributed by atoms with Crippen LogP contribution < -0.4 is 26.2 Å². The first-order chi connectivity index (χ1) is 41.7. The number of nitrogens with zero attached hydrogens (tertiary/aromatic N) is 4. The maximum atomic E-state index is 13.6. The monoisotopic (exact) mass is 1300 g/mol. The third-order valence-electron chi connectivity index (χ3n) is 15.5. The van der Waals surface area contributed by atoms with Gasteiger partial charge in [-0.1, -0.05) is 64.0 Å². The Labute approximate surface area is 517 Å². The number of rotatable bonds is 25. The van der Waals surface area contributed by atoms with E-state index in [2.05, 4.69) is 43.1 Å². The number of nitrogens with one attached hydrogen (secondary N) is 4. The number of allylic oxidation sites excluding steroid dienone is 4. The van der Waals surface area contributed by atoms with Gasteiger partial charge in [-0.25, -0.2) is 18.4 Å². The smallest absolute Gasteiger partial charge is 0.295 e. The van der Waals surface area contributed by atoms with E-state index in [1.807, 2.05) is 68.7 Å². The van der Waals surface area contributed by atoms with E-state index in [0.29, 0.717) is 70.5 Å². The van der Waals surface area contributed by atoms with Gasteiger partial charge in [0, 0.05) is 84.8 Å². The van der Waals surface area contributed by atoms with Crippen LogP contribution in [-0.4, -0.2) is 152 Å². The largest absolute Gasteiger partial charge is 0.748 e. The van der Waals surface area contributed by atoms with Gasteiger partial charge in [-0.3, -0.25) is 32.8 Å². The predicted octanol–water partition coefficient (Wildman–Crippen LogP) is 6.84. The third kappa shape index (κ3) is 15.3. The Bertz CT molecular complexity index is 4340. The molecule has 7 N–H and O–H groups in total. The number of aromatic nitrogens is 2. The molecule has 89 heavy (non-hydrogen) atoms. The van der Waals surface area contributed by atoms with Gasteiger partial charge in [-0.05, 0) is 133 Å². The van der Waals surface area contributed by atoms with Crippen molar-refractivity contribution in [2.45, 2.75) is 89.9 Å². The van der Waals surface area contributed by atoms with Crippen LogP contribution in [0.25, 0.3) is 43.8 Å². The number of pyridine rings is 2. The SMILES string of the molecule is CCCCCN1/C(=C/C=C/C2=[N+](CCCS(=O)(=O)[O-])c3ccc4cc(-c5cc(C(=O)NCCS(=O)(=O)O)nc(C(=O)NCCS(=O)(=O)O)c5)ccc4c3C2(C)C)C(C)(C)c2c1cc(S(=O)(=O)O)c1cc(-c3cc(C(=O)NCC)nc(C(=O)NCC)c3)ccc21. The Hall–Kier alpha value is -7.83. The molecular weight excluding hydrogens is 1230 g/mol. The summed E-state index contributed by atoms with van der Waals surface area (Å²) in [7, 11) is -18.4. The molecule has 4 aromatic carbocycles. The highest BCUT2D eigenvalue weighted by Gasteiger charge is 2.46. The van der Waals surface area contributed by atoms with Crippen LogP contribution >= 0.6 is 0 Å². The summed E-state index contributed by atoms with van der Waals surface area (Å²) < 4.78 is 140. The highest BCUT2D eigenvalue weighted by Crippen LogP contribution is 2.53. The second kappa shape index (κ2) is 26.3. The standard InChI is InChI=1S/C61H70N8O16S4/c1-8-11-12-25-69-50-36-51(89(83,84)85)44-31-38(41-34-45(56(70)62-9-2)66-46(35-41)57(71)63-10-3)18-21-43(44)55(50)61(6,7)53(69)16-13-15-52-60(4,5)54-42-20-17-37(30-39(42)19-22-49(54)68(52)26-14-27-86(74,75)76)40-32-47(58(72)64-23-28-87(77,78)79)67-48(33-40)59(73)65-24-29-88(80,81)82/h13,15-22,30-36H,8-12,14,23-29H2,1-7H3,(H7-,62,63,64,65,70,71,72,73,74,75,76,77,78,79,80,81,82,83,84,85). The minimum absolute atomic E-state index is 0.0272. The summed E-state index contributed by atoms with van der Waals surface area (Å²) in [5.74, 6) is -5.09. The number of benzene rings is 4. The van der Waals surface area contributed by atoms with Crippen LogP contribution in [0.4, 0.5) is 11.4 Å². The van der Waals surface area contributed by atoms with E-state index in [0.717, 1.165) is 40.8 Å². The van der Waals surface area contributed by atoms with E-state index in [9.17, 15) is 71.1 Å². The Morgan fingerprint density at radius 3 is 1.60 bits per heavy atom. The van der Waals surface area contributed by atoms with E-state index in [-0.39, 0.29) is 46.0 Å². The lowest BCUT2D eigenvalue weighted by molar-refractivity contribution is -0.437. The zero-order valence-corrected chi connectivity index (χ0v) is 53.3. The van der Waals surface area contributed by atoms with Crippen LogP contribution in [0.15, 0.2) is 108 Å². The first kappa shape index (κ1) is 67.1. The molecule has 0 radical (unpaired) electrons. The first-order valence-electron chi connectivity index (χ1n) is 28.7. The van der Waals surface area contributed by atoms with Crippen LogP contribution in [0, 0.1) is 0 Å². The second-order valence-corrected chi connectivity index (χ2v) is 28.7. The maximum Gasteiger partial charge on any atom is 0.295 e. The average Bonchev–Trinajstić information content (AvgIpc) is 1.60. The van der Waals surface area contributed by atoms with Crippen molar-refractivity contribution in [2.75, 3.05) is 61.4 Å². The number of anilines is 1. The summed E-state index contributed by atoms with van der Waals surface area (Å²) in [4.78, 5) is 63.1. The van der Waals surface area contributed by atoms with Crippen molar-refractivity contribution in [2.24, 2.45) is 0 Å². The van der Waals surface area contributed by atoms with Gasteiger partial charge in [0.15, 0.2) is 5.71 Å². The molecule has 0 atom stereocenters. The fourth-order valence-corrected chi connectivity index (χ4v) is 13.5. The fraction of sp³-hybridized carbons (Fsp3) is 0.361. The number of fused-ring (bicyclic) bond motifs is 6. The summed E-state index contributed by atoms with van der Waals surface area (Å²) in [5.41, 5.74) is 3.64. The Morgan fingerprint density at radius 2 is 1.10 bits per heavy atom. The van der Waals surface area contributed by atoms with E-state index >= 15 is 0 Å². The number of carbonyl (C=O) groups is 4. The van der Waals surface area contributed by atoms with Gasteiger partial charge in [-0.2, -0.15) is 29.8 Å². The van der Waals surface area contributed by atoms with E-state index in [1.165, 1.54) is 30.3 Å². The van der Waals surface area contributed by atoms with Gasteiger partial charge in [0.2, 0.25) is 5.69 Å². The number of hydrogen-bond donors (Lipinski definition) is 7. The Kier molecular flexibility index (Phi) is 19.8. The molecular formula is C61H70N8O16S4. The number of carbonyl (C=O) groups excluding carboxylic acids is 4. The maximum absolute atomic E-state index is 13.6. The van der Waals surface area contributed by atoms with Gasteiger partial charge in [0.25, 0.3) is 54.0 Å². The lowest BCUT2D eigenvalue weighted by atomic mass is 9.78. The molecule has 0 aliphatic carbocycles. The van der Waals surface area contributed by atoms with Crippen molar-refractivity contribution in [3.63, 3.8) is 0 Å². The average molecular weight is 1300 g/mol. The molecule has 0 bridgehead atoms. The summed E-state index contributed by atoms with van der Waals surface area (Å²) >= 11 is 0. The zero-order chi connectivity index (χ0) is 65.2. The molecule has 0 unspecified atom stereocenters. The number of hydrogen-bond acceptors (Lipinski definition) is 16. The molecule has 474 valence electrons. The Morgan fingerprint density at radius 1 is 0.584 bits per heavy atom. The lowest BCUT2D eigenvalue weighted by Crippen LogP contribution is -2.32. The summed E-state index contributed by atoms with van der Waals surface area (Å²) in [6.45, 7) is 13.7. The zero-order valence-electron chi connectivity index (χ0n) is 50.0. The molecule has 0 fully saturated rings. The molecule has 2 aromatic heterocycles. The van der Waals surface area contributed by atoms with Crippen molar-refractivity contribution in [3.8, 4) is 22.3 Å². The minimum Gasteiger partial charge on any atom is -0.748 e. The molecule has 0 saturated heterocycles. The van der Waals surface area contributed by atoms with Gasteiger partial charge >= 0.3 is 0 Å². The van der Waals surface area contributed by atoms with Crippen molar-refractivity contribution in [1.82, 2.24) is 31.2 Å². The van der Waals surface area contributed by atoms with Crippen LogP contribution in [0.5, 0.6) is 0 Å². The van der Waals surface area contributed by atoms with E-state index < -0.39 is 105 Å². The normalized spacial score (nSPS) is 15.2. The summed E-state index contributed by atoms with van der Waals surface area (Å²) in [6.07, 6.45) is 8.14. The highest BCUT2D eigenvalue weighted by atomic mass is 32.2. The van der Waals surface area contributed by atoms with Crippen molar-refractivity contribution >= 4 is 103 Å². The highest BCUT2D eigenvalue weighted by molar-refractivity contribution is 7.86. The van der Waals surface area contributed by atoms with Gasteiger partial charge in [-0.15, -0.1) is 0 Å². The Balaban J connectivity index is 1.22. The molecule has 2 aliphatic rings. The molecule has 0 spiro atoms. The molecule has 4 heterocycles. The number of unbranched alkanes of at least 4 members (excludes halogenated alkanes) is 2. The van der Waals surface area contributed by atoms with Gasteiger partial charge < -0.3 is 30.7 Å². The van der Waals surface area contributed by atoms with Crippen molar-refractivity contribution in [1.29, 1.82) is 0 Å². The molecule has 0 saturated carbocycles. The van der Waals surface area contributed by atoms with E-state index in [4.69, 9.17) is 0 Å². The quantitative estimate of drug-likeness (QED) is 0.0175. The molecule has 6 aromatic rings. The topological polar surface area (TPSA) is 369 Å². The first-order valence-corrected chi connectivity index (χ1v) is 34.9. The van der Waals surface area contributed by atoms with Crippen LogP contribution in [0.1, 0.15) is 127 Å². The third-order valence-corrected chi connectivity index (χ3v) is 18.7. The van der Waals surface area contributed by atoms with Crippen LogP contribution in [0.3, 0.4) is 0 Å². The van der Waals surface area contributed by atoms with Crippen molar-refractivity contribution in [3.05, 3.63) is 137 Å². The molecule has 28 heteroatoms. The summed E-state index contributed by atoms with van der Waals surface area (Å²) in [5, 5.41) is 12.3. The summed E-state index contributed by atoms with van der Waals surface area (Å²) in [6, 6.07) is 21.4. The molecule has 2 aliphatic heterocycles. The molecule has 8 rings (SSSR count). The lowest BCUT2D eigenvalue weighted by Gasteiger charge is -2.27. The van der Waals surface area contributed by atoms with Crippen LogP contribution in [0.2, 0.25) is 0 Å². The van der Waals surface area contributed by atoms with Crippen molar-refractivity contribution < 1.29 is 75.6 Å². The second-order valence-electron chi connectivity index (χ2n) is 22.6. The van der Waals surface area contributed by atoms with E-state index in [1.54, 1.807) is 44.2 Å². The number of amides is 4. The molecule has 4 amide bonds. The fourth-order valence-electron chi connectivity index (χ4n) is 11.6. The predicted molar refractivity (Wildman–Crippen MR) is 337 cm³/mol. The van der Waals surface area contributed by atoms with Gasteiger partial charge in [0.05, 0.1) is 27.0 Å². The van der Waals surface area contributed by atoms with Crippen LogP contribution in [-0.2, 0) is 51.3 Å².